The number of hydrogen-bond acceptors (Lipinski definition) is 4. The molecule has 0 aromatic heterocycles. The summed E-state index contributed by atoms with van der Waals surface area (Å²) in [6.45, 7) is 4.58. The van der Waals surface area contributed by atoms with Gasteiger partial charge in [-0.2, -0.15) is 5.10 Å². The van der Waals surface area contributed by atoms with E-state index < -0.39 is 11.8 Å². The third kappa shape index (κ3) is 4.86. The zero-order valence-corrected chi connectivity index (χ0v) is 13.8. The summed E-state index contributed by atoms with van der Waals surface area (Å²) in [7, 11) is 1.54. The van der Waals surface area contributed by atoms with Gasteiger partial charge in [0.2, 0.25) is 0 Å². The molecule has 114 valence electrons. The fourth-order valence-electron chi connectivity index (χ4n) is 1.67. The predicted octanol–water partition coefficient (Wildman–Crippen LogP) is 1.78. The Kier molecular flexibility index (Phi) is 6.87. The van der Waals surface area contributed by atoms with Gasteiger partial charge >= 0.3 is 11.8 Å². The van der Waals surface area contributed by atoms with Crippen LogP contribution in [0.3, 0.4) is 0 Å². The zero-order chi connectivity index (χ0) is 15.8. The Balaban J connectivity index is 2.72. The van der Waals surface area contributed by atoms with E-state index >= 15 is 0 Å². The molecule has 1 rings (SSSR count). The molecule has 21 heavy (non-hydrogen) atoms. The second-order valence-electron chi connectivity index (χ2n) is 4.06. The number of ether oxygens (including phenoxy) is 1. The Morgan fingerprint density at radius 2 is 2.05 bits per heavy atom. The second-order valence-corrected chi connectivity index (χ2v) is 4.98. The highest BCUT2D eigenvalue weighted by molar-refractivity contribution is 9.10. The number of hydrazone groups is 1. The number of nitrogens with one attached hydrogen (secondary N) is 1. The summed E-state index contributed by atoms with van der Waals surface area (Å²) < 4.78 is 6.04. The van der Waals surface area contributed by atoms with Crippen molar-refractivity contribution in [2.24, 2.45) is 5.10 Å². The molecule has 0 spiro atoms. The molecule has 1 aromatic rings. The Hall–Kier alpha value is -1.89. The molecule has 6 nitrogen and oxygen atoms in total. The maximum absolute atomic E-state index is 11.7. The van der Waals surface area contributed by atoms with Gasteiger partial charge in [0.15, 0.2) is 0 Å². The lowest BCUT2D eigenvalue weighted by Gasteiger charge is -2.16. The van der Waals surface area contributed by atoms with Gasteiger partial charge in [-0.3, -0.25) is 9.59 Å². The maximum atomic E-state index is 11.7. The first-order chi connectivity index (χ1) is 10.0. The number of methoxy groups -OCH3 is 1. The van der Waals surface area contributed by atoms with Gasteiger partial charge in [0.05, 0.1) is 13.3 Å². The number of amides is 2. The highest BCUT2D eigenvalue weighted by atomic mass is 79.9. The van der Waals surface area contributed by atoms with Crippen molar-refractivity contribution < 1.29 is 14.3 Å². The Labute approximate surface area is 132 Å². The van der Waals surface area contributed by atoms with E-state index in [-0.39, 0.29) is 0 Å². The van der Waals surface area contributed by atoms with Crippen LogP contribution >= 0.6 is 15.9 Å². The first-order valence-electron chi connectivity index (χ1n) is 6.49. The van der Waals surface area contributed by atoms with E-state index in [9.17, 15) is 9.59 Å². The first kappa shape index (κ1) is 17.2. The van der Waals surface area contributed by atoms with Crippen molar-refractivity contribution in [2.75, 3.05) is 20.2 Å². The number of benzene rings is 1. The highest BCUT2D eigenvalue weighted by Gasteiger charge is 2.18. The number of carbonyl (C=O) groups excluding carboxylic acids is 2. The van der Waals surface area contributed by atoms with Gasteiger partial charge in [0.25, 0.3) is 0 Å². The molecule has 0 fully saturated rings. The number of rotatable bonds is 5. The van der Waals surface area contributed by atoms with E-state index in [4.69, 9.17) is 4.74 Å². The van der Waals surface area contributed by atoms with Crippen molar-refractivity contribution in [2.45, 2.75) is 13.8 Å². The standard InChI is InChI=1S/C14H18BrN3O3/c1-4-18(5-2)14(20)13(19)17-16-9-10-8-11(15)6-7-12(10)21-3/h6-9H,4-5H2,1-3H3,(H,17,19). The zero-order valence-electron chi connectivity index (χ0n) is 12.2. The van der Waals surface area contributed by atoms with E-state index in [2.05, 4.69) is 26.5 Å². The quantitative estimate of drug-likeness (QED) is 0.497. The van der Waals surface area contributed by atoms with Crippen LogP contribution in [0.4, 0.5) is 0 Å². The average molecular weight is 356 g/mol. The van der Waals surface area contributed by atoms with E-state index in [1.807, 2.05) is 19.9 Å². The highest BCUT2D eigenvalue weighted by Crippen LogP contribution is 2.21. The number of nitrogens with zero attached hydrogens (tertiary/aromatic N) is 2. The summed E-state index contributed by atoms with van der Waals surface area (Å²) in [6, 6.07) is 5.40. The molecule has 1 N–H and O–H groups in total. The van der Waals surface area contributed by atoms with Gasteiger partial charge in [0, 0.05) is 23.1 Å². The Bertz CT molecular complexity index is 542. The van der Waals surface area contributed by atoms with Crippen LogP contribution in [-0.4, -0.2) is 43.1 Å². The first-order valence-corrected chi connectivity index (χ1v) is 7.28. The molecule has 0 saturated carbocycles. The van der Waals surface area contributed by atoms with Gasteiger partial charge in [-0.05, 0) is 32.0 Å². The third-order valence-corrected chi connectivity index (χ3v) is 3.30. The Morgan fingerprint density at radius 1 is 1.38 bits per heavy atom. The third-order valence-electron chi connectivity index (χ3n) is 2.81. The molecule has 0 aliphatic heterocycles. The summed E-state index contributed by atoms with van der Waals surface area (Å²) in [5.74, 6) is -0.742. The summed E-state index contributed by atoms with van der Waals surface area (Å²) in [5.41, 5.74) is 2.90. The molecule has 0 bridgehead atoms. The van der Waals surface area contributed by atoms with E-state index in [0.29, 0.717) is 24.4 Å². The SMILES string of the molecule is CCN(CC)C(=O)C(=O)NN=Cc1cc(Br)ccc1OC. The molecule has 0 aliphatic rings. The molecule has 2 amide bonds. The van der Waals surface area contributed by atoms with Crippen LogP contribution in [0, 0.1) is 0 Å². The maximum Gasteiger partial charge on any atom is 0.329 e. The molecular weight excluding hydrogens is 338 g/mol. The molecule has 0 aliphatic carbocycles. The molecule has 0 unspecified atom stereocenters. The molecule has 1 aromatic carbocycles. The average Bonchev–Trinajstić information content (AvgIpc) is 2.48. The number of halogens is 1. The molecular formula is C14H18BrN3O3. The summed E-state index contributed by atoms with van der Waals surface area (Å²) >= 11 is 3.34. The van der Waals surface area contributed by atoms with Crippen molar-refractivity contribution in [1.82, 2.24) is 10.3 Å². The monoisotopic (exact) mass is 355 g/mol. The molecule has 0 atom stereocenters. The van der Waals surface area contributed by atoms with Crippen LogP contribution in [0.15, 0.2) is 27.8 Å². The molecule has 0 heterocycles. The minimum Gasteiger partial charge on any atom is -0.496 e. The minimum atomic E-state index is -0.760. The summed E-state index contributed by atoms with van der Waals surface area (Å²) in [5, 5.41) is 3.79. The number of hydrogen-bond donors (Lipinski definition) is 1. The number of likely N-dealkylation sites (N-methyl/N-ethyl adjacent to an activating group) is 1. The second kappa shape index (κ2) is 8.41. The van der Waals surface area contributed by atoms with Crippen LogP contribution in [0.1, 0.15) is 19.4 Å². The summed E-state index contributed by atoms with van der Waals surface area (Å²) in [6.07, 6.45) is 1.43. The molecule has 7 heteroatoms. The van der Waals surface area contributed by atoms with Gasteiger partial charge in [-0.1, -0.05) is 15.9 Å². The van der Waals surface area contributed by atoms with E-state index in [0.717, 1.165) is 4.47 Å². The van der Waals surface area contributed by atoms with Crippen LogP contribution < -0.4 is 10.2 Å². The van der Waals surface area contributed by atoms with Gasteiger partial charge in [0.1, 0.15) is 5.75 Å². The fourth-order valence-corrected chi connectivity index (χ4v) is 2.05. The smallest absolute Gasteiger partial charge is 0.329 e. The van der Waals surface area contributed by atoms with Crippen LogP contribution in [0.25, 0.3) is 0 Å². The Morgan fingerprint density at radius 3 is 2.62 bits per heavy atom. The van der Waals surface area contributed by atoms with Crippen molar-refractivity contribution in [1.29, 1.82) is 0 Å². The molecule has 0 radical (unpaired) electrons. The minimum absolute atomic E-state index is 0.478. The van der Waals surface area contributed by atoms with Crippen LogP contribution in [0.5, 0.6) is 5.75 Å². The fraction of sp³-hybridized carbons (Fsp3) is 0.357. The van der Waals surface area contributed by atoms with Crippen LogP contribution in [0.2, 0.25) is 0 Å². The lowest BCUT2D eigenvalue weighted by atomic mass is 10.2. The van der Waals surface area contributed by atoms with Crippen molar-refractivity contribution in [3.05, 3.63) is 28.2 Å². The van der Waals surface area contributed by atoms with Crippen molar-refractivity contribution in [3.63, 3.8) is 0 Å². The lowest BCUT2D eigenvalue weighted by molar-refractivity contribution is -0.145. The summed E-state index contributed by atoms with van der Waals surface area (Å²) in [4.78, 5) is 24.8. The van der Waals surface area contributed by atoms with Gasteiger partial charge in [-0.25, -0.2) is 5.43 Å². The number of carbonyl (C=O) groups is 2. The lowest BCUT2D eigenvalue weighted by Crippen LogP contribution is -2.41. The largest absolute Gasteiger partial charge is 0.496 e. The van der Waals surface area contributed by atoms with Crippen LogP contribution in [-0.2, 0) is 9.59 Å². The van der Waals surface area contributed by atoms with Crippen molar-refractivity contribution >= 4 is 34.0 Å². The molecule has 0 saturated heterocycles. The van der Waals surface area contributed by atoms with E-state index in [1.165, 1.54) is 11.1 Å². The van der Waals surface area contributed by atoms with E-state index in [1.54, 1.807) is 19.2 Å². The van der Waals surface area contributed by atoms with Gasteiger partial charge in [-0.15, -0.1) is 0 Å². The predicted molar refractivity (Wildman–Crippen MR) is 84.4 cm³/mol. The van der Waals surface area contributed by atoms with Crippen molar-refractivity contribution in [3.8, 4) is 5.75 Å². The van der Waals surface area contributed by atoms with Gasteiger partial charge < -0.3 is 9.64 Å². The topological polar surface area (TPSA) is 71.0 Å². The normalized spacial score (nSPS) is 10.5.